The molecule has 0 saturated heterocycles. The van der Waals surface area contributed by atoms with Gasteiger partial charge >= 0.3 is 0 Å². The molecule has 3 rings (SSSR count). The van der Waals surface area contributed by atoms with E-state index in [0.29, 0.717) is 22.7 Å². The number of nitro groups is 1. The molecule has 0 radical (unpaired) electrons. The Balaban J connectivity index is 1.95. The molecule has 2 aromatic carbocycles. The van der Waals surface area contributed by atoms with Crippen molar-refractivity contribution in [1.82, 2.24) is 4.98 Å². The Morgan fingerprint density at radius 1 is 1.27 bits per heavy atom. The summed E-state index contributed by atoms with van der Waals surface area (Å²) in [4.78, 5) is 18.5. The molecule has 1 heterocycles. The van der Waals surface area contributed by atoms with E-state index in [1.165, 1.54) is 18.3 Å². The number of aromatic nitrogens is 1. The van der Waals surface area contributed by atoms with Gasteiger partial charge in [0, 0.05) is 25.3 Å². The van der Waals surface area contributed by atoms with Crippen LogP contribution in [-0.4, -0.2) is 16.1 Å². The van der Waals surface area contributed by atoms with Crippen molar-refractivity contribution in [3.05, 3.63) is 58.0 Å². The van der Waals surface area contributed by atoms with Gasteiger partial charge in [-0.05, 0) is 23.8 Å². The van der Waals surface area contributed by atoms with Crippen LogP contribution in [0.25, 0.3) is 11.1 Å². The summed E-state index contributed by atoms with van der Waals surface area (Å²) in [6.07, 6.45) is 1.31. The van der Waals surface area contributed by atoms with Gasteiger partial charge in [0.15, 0.2) is 11.5 Å². The SMILES string of the molecule is Cc1nc2cc(N=Cc3cc([N+](=O)[O-])ccc3[O-])ccc2o1. The molecular formula is C15H10N3O4-. The van der Waals surface area contributed by atoms with E-state index in [-0.39, 0.29) is 17.0 Å². The van der Waals surface area contributed by atoms with Crippen molar-refractivity contribution in [3.8, 4) is 5.75 Å². The van der Waals surface area contributed by atoms with Crippen LogP contribution in [0, 0.1) is 17.0 Å². The quantitative estimate of drug-likeness (QED) is 0.420. The zero-order valence-electron chi connectivity index (χ0n) is 11.5. The molecule has 0 amide bonds. The van der Waals surface area contributed by atoms with E-state index in [2.05, 4.69) is 9.98 Å². The third-order valence-electron chi connectivity index (χ3n) is 3.03. The maximum atomic E-state index is 11.7. The van der Waals surface area contributed by atoms with Crippen LogP contribution in [0.1, 0.15) is 11.5 Å². The Labute approximate surface area is 124 Å². The predicted molar refractivity (Wildman–Crippen MR) is 78.5 cm³/mol. The minimum atomic E-state index is -0.555. The summed E-state index contributed by atoms with van der Waals surface area (Å²) >= 11 is 0. The number of aliphatic imine (C=N–C) groups is 1. The van der Waals surface area contributed by atoms with Gasteiger partial charge in [0.1, 0.15) is 5.52 Å². The van der Waals surface area contributed by atoms with Crippen LogP contribution in [0.4, 0.5) is 11.4 Å². The summed E-state index contributed by atoms with van der Waals surface area (Å²) in [7, 11) is 0. The Hall–Kier alpha value is -3.22. The third kappa shape index (κ3) is 2.64. The van der Waals surface area contributed by atoms with Crippen LogP contribution < -0.4 is 5.11 Å². The first kappa shape index (κ1) is 13.7. The van der Waals surface area contributed by atoms with E-state index in [0.717, 1.165) is 6.07 Å². The van der Waals surface area contributed by atoms with Gasteiger partial charge in [0.25, 0.3) is 5.69 Å². The zero-order chi connectivity index (χ0) is 15.7. The number of aryl methyl sites for hydroxylation is 1. The van der Waals surface area contributed by atoms with E-state index in [4.69, 9.17) is 4.42 Å². The summed E-state index contributed by atoms with van der Waals surface area (Å²) < 4.78 is 5.36. The zero-order valence-corrected chi connectivity index (χ0v) is 11.5. The van der Waals surface area contributed by atoms with Crippen LogP contribution in [0.5, 0.6) is 5.75 Å². The summed E-state index contributed by atoms with van der Waals surface area (Å²) in [5, 5.41) is 22.4. The number of hydrogen-bond donors (Lipinski definition) is 0. The van der Waals surface area contributed by atoms with Crippen LogP contribution in [0.3, 0.4) is 0 Å². The van der Waals surface area contributed by atoms with Crippen LogP contribution in [-0.2, 0) is 0 Å². The molecule has 0 saturated carbocycles. The fourth-order valence-corrected chi connectivity index (χ4v) is 2.01. The molecule has 3 aromatic rings. The van der Waals surface area contributed by atoms with Gasteiger partial charge < -0.3 is 9.52 Å². The first-order chi connectivity index (χ1) is 10.5. The molecule has 0 aliphatic rings. The van der Waals surface area contributed by atoms with Crippen LogP contribution in [0.15, 0.2) is 45.8 Å². The number of nitro benzene ring substituents is 1. The minimum absolute atomic E-state index is 0.149. The average molecular weight is 296 g/mol. The molecule has 0 aliphatic carbocycles. The first-order valence-electron chi connectivity index (χ1n) is 6.39. The topological polar surface area (TPSA) is 105 Å². The fraction of sp³-hybridized carbons (Fsp3) is 0.0667. The van der Waals surface area contributed by atoms with E-state index in [1.54, 1.807) is 25.1 Å². The monoisotopic (exact) mass is 296 g/mol. The molecule has 0 spiro atoms. The first-order valence-corrected chi connectivity index (χ1v) is 6.39. The van der Waals surface area contributed by atoms with Crippen molar-refractivity contribution >= 4 is 28.7 Å². The molecule has 0 N–H and O–H groups in total. The van der Waals surface area contributed by atoms with E-state index in [9.17, 15) is 15.2 Å². The Morgan fingerprint density at radius 3 is 2.86 bits per heavy atom. The van der Waals surface area contributed by atoms with Gasteiger partial charge in [-0.15, -0.1) is 0 Å². The largest absolute Gasteiger partial charge is 0.872 e. The summed E-state index contributed by atoms with van der Waals surface area (Å²) in [6.45, 7) is 1.75. The second kappa shape index (κ2) is 5.28. The molecule has 22 heavy (non-hydrogen) atoms. The third-order valence-corrected chi connectivity index (χ3v) is 3.03. The van der Waals surface area contributed by atoms with Crippen LogP contribution >= 0.6 is 0 Å². The highest BCUT2D eigenvalue weighted by atomic mass is 16.6. The maximum absolute atomic E-state index is 11.7. The molecule has 7 nitrogen and oxygen atoms in total. The lowest BCUT2D eigenvalue weighted by Crippen LogP contribution is -1.98. The van der Waals surface area contributed by atoms with Crippen molar-refractivity contribution in [2.24, 2.45) is 4.99 Å². The highest BCUT2D eigenvalue weighted by Crippen LogP contribution is 2.23. The number of hydrogen-bond acceptors (Lipinski definition) is 6. The number of nitrogens with zero attached hydrogens (tertiary/aromatic N) is 3. The Morgan fingerprint density at radius 2 is 2.09 bits per heavy atom. The second-order valence-corrected chi connectivity index (χ2v) is 4.62. The number of rotatable bonds is 3. The summed E-state index contributed by atoms with van der Waals surface area (Å²) in [5.41, 5.74) is 1.89. The molecule has 0 unspecified atom stereocenters. The van der Waals surface area contributed by atoms with Gasteiger partial charge in [0.05, 0.1) is 10.6 Å². The maximum Gasteiger partial charge on any atom is 0.270 e. The van der Waals surface area contributed by atoms with E-state index in [1.807, 2.05) is 0 Å². The lowest BCUT2D eigenvalue weighted by Gasteiger charge is -2.08. The molecule has 0 bridgehead atoms. The summed E-state index contributed by atoms with van der Waals surface area (Å²) in [5.74, 6) is 0.226. The lowest BCUT2D eigenvalue weighted by molar-refractivity contribution is -0.385. The van der Waals surface area contributed by atoms with Gasteiger partial charge in [0.2, 0.25) is 0 Å². The number of non-ortho nitro benzene ring substituents is 1. The van der Waals surface area contributed by atoms with Gasteiger partial charge in [-0.2, -0.15) is 0 Å². The fourth-order valence-electron chi connectivity index (χ4n) is 2.01. The highest BCUT2D eigenvalue weighted by molar-refractivity contribution is 5.87. The lowest BCUT2D eigenvalue weighted by atomic mass is 10.2. The van der Waals surface area contributed by atoms with Gasteiger partial charge in [-0.1, -0.05) is 11.8 Å². The molecule has 0 aliphatic heterocycles. The standard InChI is InChI=1S/C15H11N3O4/c1-9-17-13-7-11(2-5-15(13)22-9)16-8-10-6-12(18(20)21)3-4-14(10)19/h2-8,19H,1H3/p-1. The van der Waals surface area contributed by atoms with Crippen LogP contribution in [0.2, 0.25) is 0 Å². The predicted octanol–water partition coefficient (Wildman–Crippen LogP) is 2.87. The van der Waals surface area contributed by atoms with E-state index >= 15 is 0 Å². The normalized spacial score (nSPS) is 11.3. The minimum Gasteiger partial charge on any atom is -0.872 e. The molecular weight excluding hydrogens is 286 g/mol. The van der Waals surface area contributed by atoms with Gasteiger partial charge in [-0.3, -0.25) is 15.1 Å². The van der Waals surface area contributed by atoms with Crippen molar-refractivity contribution in [2.75, 3.05) is 0 Å². The van der Waals surface area contributed by atoms with Gasteiger partial charge in [-0.25, -0.2) is 4.98 Å². The molecule has 7 heteroatoms. The Bertz CT molecular complexity index is 899. The number of benzene rings is 2. The molecule has 0 atom stereocenters. The molecule has 0 fully saturated rings. The van der Waals surface area contributed by atoms with Crippen molar-refractivity contribution in [2.45, 2.75) is 6.92 Å². The number of oxazole rings is 1. The average Bonchev–Trinajstić information content (AvgIpc) is 2.85. The van der Waals surface area contributed by atoms with Crippen molar-refractivity contribution < 1.29 is 14.4 Å². The summed E-state index contributed by atoms with van der Waals surface area (Å²) in [6, 6.07) is 8.68. The second-order valence-electron chi connectivity index (χ2n) is 4.62. The number of fused-ring (bicyclic) bond motifs is 1. The van der Waals surface area contributed by atoms with Crippen molar-refractivity contribution in [1.29, 1.82) is 0 Å². The van der Waals surface area contributed by atoms with Crippen molar-refractivity contribution in [3.63, 3.8) is 0 Å². The molecule has 110 valence electrons. The highest BCUT2D eigenvalue weighted by Gasteiger charge is 2.06. The molecule has 1 aromatic heterocycles. The Kier molecular flexibility index (Phi) is 3.30. The van der Waals surface area contributed by atoms with E-state index < -0.39 is 4.92 Å². The smallest absolute Gasteiger partial charge is 0.270 e.